The highest BCUT2D eigenvalue weighted by molar-refractivity contribution is 6.30. The molecule has 0 aliphatic rings. The molecule has 0 aliphatic heterocycles. The maximum atomic E-state index is 11.0. The van der Waals surface area contributed by atoms with Gasteiger partial charge in [-0.2, -0.15) is 0 Å². The molecule has 1 amide bonds. The second-order valence-electron chi connectivity index (χ2n) is 5.44. The first-order valence-electron chi connectivity index (χ1n) is 5.95. The van der Waals surface area contributed by atoms with Gasteiger partial charge in [0.15, 0.2) is 0 Å². The van der Waals surface area contributed by atoms with E-state index in [1.165, 1.54) is 6.20 Å². The fourth-order valence-corrected chi connectivity index (χ4v) is 1.69. The molecule has 1 aromatic heterocycles. The third-order valence-electron chi connectivity index (χ3n) is 2.77. The monoisotopic (exact) mass is 286 g/mol. The summed E-state index contributed by atoms with van der Waals surface area (Å²) in [6.07, 6.45) is -0.575. The number of ether oxygens (including phenoxy) is 1. The molecule has 0 saturated carbocycles. The topological polar surface area (TPSA) is 85.4 Å². The Labute approximate surface area is 117 Å². The van der Waals surface area contributed by atoms with Crippen LogP contribution in [0.3, 0.4) is 0 Å². The lowest BCUT2D eigenvalue weighted by Crippen LogP contribution is -2.30. The minimum absolute atomic E-state index is 0.208. The normalized spacial score (nSPS) is 14.8. The van der Waals surface area contributed by atoms with Crippen LogP contribution >= 0.6 is 11.6 Å². The molecule has 0 bridgehead atoms. The largest absolute Gasteiger partial charge is 0.440 e. The number of hydrogen-bond acceptors (Lipinski definition) is 4. The van der Waals surface area contributed by atoms with Crippen molar-refractivity contribution in [2.24, 2.45) is 11.1 Å². The average molecular weight is 287 g/mol. The summed E-state index contributed by atoms with van der Waals surface area (Å²) in [5.41, 5.74) is 5.18. The summed E-state index contributed by atoms with van der Waals surface area (Å²) < 4.78 is 5.01. The summed E-state index contributed by atoms with van der Waals surface area (Å²) in [6.45, 7) is 5.68. The Hall–Kier alpha value is -1.33. The van der Waals surface area contributed by atoms with Gasteiger partial charge in [0.2, 0.25) is 0 Å². The van der Waals surface area contributed by atoms with E-state index in [1.807, 2.05) is 20.8 Å². The van der Waals surface area contributed by atoms with Crippen LogP contribution in [0.4, 0.5) is 4.79 Å². The Balaban J connectivity index is 2.92. The molecule has 2 atom stereocenters. The van der Waals surface area contributed by atoms with Crippen LogP contribution in [0, 0.1) is 5.41 Å². The minimum Gasteiger partial charge on any atom is -0.440 e. The van der Waals surface area contributed by atoms with E-state index in [4.69, 9.17) is 22.1 Å². The summed E-state index contributed by atoms with van der Waals surface area (Å²) in [6, 6.07) is 3.21. The van der Waals surface area contributed by atoms with Crippen molar-refractivity contribution in [3.8, 4) is 0 Å². The lowest BCUT2D eigenvalue weighted by molar-refractivity contribution is 0.00535. The highest BCUT2D eigenvalue weighted by Gasteiger charge is 2.28. The molecule has 0 aromatic carbocycles. The van der Waals surface area contributed by atoms with Crippen LogP contribution in [0.1, 0.15) is 39.0 Å². The van der Waals surface area contributed by atoms with Gasteiger partial charge in [0.05, 0.1) is 11.8 Å². The number of nitrogens with zero attached hydrogens (tertiary/aromatic N) is 1. The first-order chi connectivity index (χ1) is 8.70. The number of hydrogen-bond donors (Lipinski definition) is 2. The van der Waals surface area contributed by atoms with E-state index in [1.54, 1.807) is 12.1 Å². The van der Waals surface area contributed by atoms with Gasteiger partial charge >= 0.3 is 6.09 Å². The number of nitrogens with two attached hydrogens (primary N) is 1. The molecule has 5 nitrogen and oxygen atoms in total. The summed E-state index contributed by atoms with van der Waals surface area (Å²) in [7, 11) is 0. The zero-order valence-electron chi connectivity index (χ0n) is 11.3. The van der Waals surface area contributed by atoms with E-state index in [2.05, 4.69) is 4.98 Å². The maximum absolute atomic E-state index is 11.0. The first kappa shape index (κ1) is 15.7. The summed E-state index contributed by atoms with van der Waals surface area (Å²) in [4.78, 5) is 15.1. The highest BCUT2D eigenvalue weighted by Crippen LogP contribution is 2.30. The predicted molar refractivity (Wildman–Crippen MR) is 72.7 cm³/mol. The third kappa shape index (κ3) is 5.04. The Morgan fingerprint density at radius 3 is 2.68 bits per heavy atom. The molecule has 1 unspecified atom stereocenters. The fraction of sp³-hybridized carbons (Fsp3) is 0.538. The smallest absolute Gasteiger partial charge is 0.405 e. The van der Waals surface area contributed by atoms with Gasteiger partial charge in [0, 0.05) is 17.6 Å². The van der Waals surface area contributed by atoms with Crippen LogP contribution in [0.25, 0.3) is 0 Å². The zero-order chi connectivity index (χ0) is 14.6. The molecule has 0 saturated heterocycles. The molecule has 1 aromatic rings. The zero-order valence-corrected chi connectivity index (χ0v) is 12.0. The van der Waals surface area contributed by atoms with E-state index in [-0.39, 0.29) is 11.8 Å². The van der Waals surface area contributed by atoms with Crippen LogP contribution < -0.4 is 5.73 Å². The molecule has 0 radical (unpaired) electrons. The van der Waals surface area contributed by atoms with Gasteiger partial charge in [-0.1, -0.05) is 32.4 Å². The van der Waals surface area contributed by atoms with E-state index < -0.39 is 18.3 Å². The molecule has 1 heterocycles. The number of amides is 1. The molecule has 19 heavy (non-hydrogen) atoms. The van der Waals surface area contributed by atoms with Gasteiger partial charge in [0.1, 0.15) is 6.10 Å². The van der Waals surface area contributed by atoms with Crippen molar-refractivity contribution in [2.75, 3.05) is 0 Å². The average Bonchev–Trinajstić information content (AvgIpc) is 2.26. The quantitative estimate of drug-likeness (QED) is 0.891. The third-order valence-corrected chi connectivity index (χ3v) is 3.00. The van der Waals surface area contributed by atoms with E-state index >= 15 is 0 Å². The number of halogens is 1. The Bertz CT molecular complexity index is 446. The van der Waals surface area contributed by atoms with E-state index in [0.29, 0.717) is 10.7 Å². The van der Waals surface area contributed by atoms with Crippen LogP contribution in [-0.4, -0.2) is 22.3 Å². The summed E-state index contributed by atoms with van der Waals surface area (Å²) in [5.74, 6) is 0. The summed E-state index contributed by atoms with van der Waals surface area (Å²) >= 11 is 5.88. The van der Waals surface area contributed by atoms with Crippen molar-refractivity contribution in [3.05, 3.63) is 29.0 Å². The van der Waals surface area contributed by atoms with Crippen molar-refractivity contribution in [1.82, 2.24) is 4.98 Å². The Morgan fingerprint density at radius 1 is 1.58 bits per heavy atom. The second kappa shape index (κ2) is 6.21. The number of aliphatic hydroxyl groups is 1. The summed E-state index contributed by atoms with van der Waals surface area (Å²) in [5, 5.41) is 10.6. The highest BCUT2D eigenvalue weighted by atomic mass is 35.5. The Kier molecular flexibility index (Phi) is 5.14. The maximum Gasteiger partial charge on any atom is 0.405 e. The van der Waals surface area contributed by atoms with Crippen LogP contribution in [0.15, 0.2) is 18.3 Å². The van der Waals surface area contributed by atoms with Gasteiger partial charge < -0.3 is 15.6 Å². The van der Waals surface area contributed by atoms with Crippen molar-refractivity contribution in [2.45, 2.75) is 39.4 Å². The van der Waals surface area contributed by atoms with Gasteiger partial charge in [-0.15, -0.1) is 0 Å². The van der Waals surface area contributed by atoms with E-state index in [0.717, 1.165) is 0 Å². The number of carbonyl (C=O) groups is 1. The van der Waals surface area contributed by atoms with Gasteiger partial charge in [-0.3, -0.25) is 4.98 Å². The van der Waals surface area contributed by atoms with Gasteiger partial charge in [0.25, 0.3) is 0 Å². The number of aromatic nitrogens is 1. The molecule has 0 spiro atoms. The fourth-order valence-electron chi connectivity index (χ4n) is 1.52. The molecular formula is C13H19ClN2O3. The molecule has 1 rings (SSSR count). The van der Waals surface area contributed by atoms with Crippen molar-refractivity contribution >= 4 is 17.7 Å². The molecule has 0 fully saturated rings. The number of aliphatic hydroxyl groups excluding tert-OH is 1. The van der Waals surface area contributed by atoms with E-state index in [9.17, 15) is 9.90 Å². The van der Waals surface area contributed by atoms with Crippen molar-refractivity contribution < 1.29 is 14.6 Å². The van der Waals surface area contributed by atoms with Crippen molar-refractivity contribution in [1.29, 1.82) is 0 Å². The van der Waals surface area contributed by atoms with Crippen LogP contribution in [-0.2, 0) is 4.74 Å². The number of carbonyl (C=O) groups excluding carboxylic acids is 1. The minimum atomic E-state index is -0.909. The van der Waals surface area contributed by atoms with Crippen molar-refractivity contribution in [3.63, 3.8) is 0 Å². The lowest BCUT2D eigenvalue weighted by atomic mass is 9.85. The first-order valence-corrected chi connectivity index (χ1v) is 6.33. The van der Waals surface area contributed by atoms with Gasteiger partial charge in [-0.25, -0.2) is 4.79 Å². The number of pyridine rings is 1. The molecule has 6 heteroatoms. The number of primary amides is 1. The predicted octanol–water partition coefficient (Wildman–Crippen LogP) is 2.67. The SMILES string of the molecule is CC(C)(C)C(O)C[C@H](OC(N)=O)c1cc(Cl)ccn1. The molecular weight excluding hydrogens is 268 g/mol. The van der Waals surface area contributed by atoms with Gasteiger partial charge in [-0.05, 0) is 17.5 Å². The molecule has 0 aliphatic carbocycles. The van der Waals surface area contributed by atoms with Crippen LogP contribution in [0.5, 0.6) is 0 Å². The standard InChI is InChI=1S/C13H19ClN2O3/c1-13(2,3)11(17)7-10(19-12(15)18)9-6-8(14)4-5-16-9/h4-6,10-11,17H,7H2,1-3H3,(H2,15,18)/t10-,11?/m0/s1. The lowest BCUT2D eigenvalue weighted by Gasteiger charge is -2.28. The van der Waals surface area contributed by atoms with Crippen LogP contribution in [0.2, 0.25) is 5.02 Å². The molecule has 3 N–H and O–H groups in total. The second-order valence-corrected chi connectivity index (χ2v) is 5.88. The number of rotatable bonds is 4. The molecule has 106 valence electrons. The Morgan fingerprint density at radius 2 is 2.21 bits per heavy atom.